The van der Waals surface area contributed by atoms with E-state index in [0.717, 1.165) is 12.1 Å². The summed E-state index contributed by atoms with van der Waals surface area (Å²) in [7, 11) is 0. The average molecular weight is 233 g/mol. The highest BCUT2D eigenvalue weighted by atomic mass is 19.1. The van der Waals surface area contributed by atoms with E-state index < -0.39 is 35.7 Å². The van der Waals surface area contributed by atoms with Crippen LogP contribution in [0.1, 0.15) is 5.56 Å². The molecule has 0 heterocycles. The van der Waals surface area contributed by atoms with Gasteiger partial charge in [-0.25, -0.2) is 13.2 Å². The predicted molar refractivity (Wildman–Crippen MR) is 50.4 cm³/mol. The Labute approximate surface area is 89.7 Å². The molecule has 0 aromatic heterocycles. The maximum absolute atomic E-state index is 13.3. The number of halogens is 3. The Kier molecular flexibility index (Phi) is 3.54. The van der Waals surface area contributed by atoms with Crippen molar-refractivity contribution in [3.8, 4) is 0 Å². The third-order valence-corrected chi connectivity index (χ3v) is 2.21. The molecule has 0 radical (unpaired) electrons. The van der Waals surface area contributed by atoms with Crippen LogP contribution in [0.15, 0.2) is 24.3 Å². The number of carbonyl (C=O) groups excluding carboxylic acids is 1. The molecular formula is C10H10F3NO2. The van der Waals surface area contributed by atoms with E-state index >= 15 is 0 Å². The maximum atomic E-state index is 13.3. The van der Waals surface area contributed by atoms with E-state index in [1.54, 1.807) is 0 Å². The standard InChI is InChI=1S/C10H10F3NO2/c11-5-10(16,8(13)9(14)15)6-3-1-2-4-7(6)12/h1-4,8,16H,5H2,(H2,14,15)/t8-,10?/m0/s1. The molecule has 3 N–H and O–H groups in total. The Morgan fingerprint density at radius 3 is 2.50 bits per heavy atom. The summed E-state index contributed by atoms with van der Waals surface area (Å²) in [6.45, 7) is -1.65. The molecule has 16 heavy (non-hydrogen) atoms. The van der Waals surface area contributed by atoms with Gasteiger partial charge in [0, 0.05) is 5.56 Å². The highest BCUT2D eigenvalue weighted by Gasteiger charge is 2.44. The number of benzene rings is 1. The van der Waals surface area contributed by atoms with Crippen molar-refractivity contribution in [1.82, 2.24) is 0 Å². The molecule has 0 spiro atoms. The summed E-state index contributed by atoms with van der Waals surface area (Å²) in [5.41, 5.74) is 1.11. The SMILES string of the molecule is NC(=O)[C@H](F)C(O)(CF)c1ccccc1F. The number of aliphatic hydroxyl groups is 1. The van der Waals surface area contributed by atoms with Crippen molar-refractivity contribution in [2.45, 2.75) is 11.8 Å². The largest absolute Gasteiger partial charge is 0.379 e. The van der Waals surface area contributed by atoms with Crippen molar-refractivity contribution in [2.24, 2.45) is 5.73 Å². The summed E-state index contributed by atoms with van der Waals surface area (Å²) in [6, 6.07) is 4.48. The molecule has 1 rings (SSSR count). The maximum Gasteiger partial charge on any atom is 0.255 e. The molecule has 0 saturated heterocycles. The van der Waals surface area contributed by atoms with Crippen molar-refractivity contribution in [2.75, 3.05) is 6.67 Å². The van der Waals surface area contributed by atoms with Crippen molar-refractivity contribution in [1.29, 1.82) is 0 Å². The highest BCUT2D eigenvalue weighted by Crippen LogP contribution is 2.29. The zero-order valence-corrected chi connectivity index (χ0v) is 8.16. The van der Waals surface area contributed by atoms with E-state index in [1.165, 1.54) is 12.1 Å². The first kappa shape index (κ1) is 12.5. The lowest BCUT2D eigenvalue weighted by Crippen LogP contribution is -2.47. The van der Waals surface area contributed by atoms with Crippen LogP contribution in [0, 0.1) is 5.82 Å². The van der Waals surface area contributed by atoms with Crippen LogP contribution in [0.25, 0.3) is 0 Å². The van der Waals surface area contributed by atoms with Gasteiger partial charge in [0.15, 0.2) is 5.60 Å². The van der Waals surface area contributed by atoms with Gasteiger partial charge in [0.1, 0.15) is 12.5 Å². The van der Waals surface area contributed by atoms with Gasteiger partial charge < -0.3 is 10.8 Å². The van der Waals surface area contributed by atoms with Gasteiger partial charge in [-0.2, -0.15) is 0 Å². The molecule has 0 bridgehead atoms. The van der Waals surface area contributed by atoms with E-state index in [4.69, 9.17) is 0 Å². The van der Waals surface area contributed by atoms with Gasteiger partial charge in [-0.15, -0.1) is 0 Å². The van der Waals surface area contributed by atoms with Gasteiger partial charge in [-0.3, -0.25) is 4.79 Å². The lowest BCUT2D eigenvalue weighted by atomic mass is 9.89. The molecule has 3 nitrogen and oxygen atoms in total. The summed E-state index contributed by atoms with van der Waals surface area (Å²) in [5.74, 6) is -2.56. The molecule has 0 aliphatic rings. The molecule has 1 unspecified atom stereocenters. The summed E-state index contributed by atoms with van der Waals surface area (Å²) in [6.07, 6.45) is -2.71. The number of nitrogens with two attached hydrogens (primary N) is 1. The Bertz CT molecular complexity index is 399. The number of rotatable bonds is 4. The minimum absolute atomic E-state index is 0.635. The summed E-state index contributed by atoms with van der Waals surface area (Å²) in [5, 5.41) is 9.62. The number of alkyl halides is 2. The molecule has 2 atom stereocenters. The van der Waals surface area contributed by atoms with E-state index in [0.29, 0.717) is 0 Å². The molecule has 0 aliphatic heterocycles. The quantitative estimate of drug-likeness (QED) is 0.808. The van der Waals surface area contributed by atoms with Crippen LogP contribution in [-0.2, 0) is 10.4 Å². The summed E-state index contributed by atoms with van der Waals surface area (Å²) >= 11 is 0. The predicted octanol–water partition coefficient (Wildman–Crippen LogP) is 0.806. The van der Waals surface area contributed by atoms with Gasteiger partial charge in [0.25, 0.3) is 5.91 Å². The summed E-state index contributed by atoms with van der Waals surface area (Å²) < 4.78 is 39.2. The lowest BCUT2D eigenvalue weighted by Gasteiger charge is -2.27. The number of amides is 1. The molecule has 0 saturated carbocycles. The number of carbonyl (C=O) groups is 1. The van der Waals surface area contributed by atoms with E-state index in [9.17, 15) is 23.1 Å². The van der Waals surface area contributed by atoms with Crippen LogP contribution in [0.4, 0.5) is 13.2 Å². The minimum atomic E-state index is -2.88. The van der Waals surface area contributed by atoms with Crippen LogP contribution < -0.4 is 5.73 Å². The second-order valence-corrected chi connectivity index (χ2v) is 3.30. The normalized spacial score (nSPS) is 16.5. The van der Waals surface area contributed by atoms with Gasteiger partial charge in [0.2, 0.25) is 6.17 Å². The van der Waals surface area contributed by atoms with Crippen LogP contribution in [0.2, 0.25) is 0 Å². The number of hydrogen-bond donors (Lipinski definition) is 2. The monoisotopic (exact) mass is 233 g/mol. The average Bonchev–Trinajstić information content (AvgIpc) is 2.27. The van der Waals surface area contributed by atoms with Gasteiger partial charge in [-0.1, -0.05) is 18.2 Å². The smallest absolute Gasteiger partial charge is 0.255 e. The zero-order valence-electron chi connectivity index (χ0n) is 8.16. The first-order valence-corrected chi connectivity index (χ1v) is 4.40. The Morgan fingerprint density at radius 2 is 2.06 bits per heavy atom. The van der Waals surface area contributed by atoms with Gasteiger partial charge >= 0.3 is 0 Å². The molecule has 0 aliphatic carbocycles. The molecule has 0 fully saturated rings. The fourth-order valence-corrected chi connectivity index (χ4v) is 1.32. The van der Waals surface area contributed by atoms with Crippen molar-refractivity contribution < 1.29 is 23.1 Å². The van der Waals surface area contributed by atoms with Gasteiger partial charge in [-0.05, 0) is 6.07 Å². The molecule has 1 amide bonds. The summed E-state index contributed by atoms with van der Waals surface area (Å²) in [4.78, 5) is 10.6. The Balaban J connectivity index is 3.25. The van der Waals surface area contributed by atoms with E-state index in [-0.39, 0.29) is 0 Å². The fourth-order valence-electron chi connectivity index (χ4n) is 1.32. The van der Waals surface area contributed by atoms with Crippen LogP contribution in [-0.4, -0.2) is 23.9 Å². The van der Waals surface area contributed by atoms with E-state index in [2.05, 4.69) is 5.73 Å². The van der Waals surface area contributed by atoms with Crippen molar-refractivity contribution in [3.05, 3.63) is 35.6 Å². The lowest BCUT2D eigenvalue weighted by molar-refractivity contribution is -0.137. The minimum Gasteiger partial charge on any atom is -0.379 e. The topological polar surface area (TPSA) is 63.3 Å². The molecule has 1 aromatic rings. The second-order valence-electron chi connectivity index (χ2n) is 3.30. The number of hydrogen-bond acceptors (Lipinski definition) is 2. The van der Waals surface area contributed by atoms with Crippen molar-refractivity contribution >= 4 is 5.91 Å². The fraction of sp³-hybridized carbons (Fsp3) is 0.300. The molecule has 6 heteroatoms. The van der Waals surface area contributed by atoms with E-state index in [1.807, 2.05) is 0 Å². The zero-order chi connectivity index (χ0) is 12.3. The third-order valence-electron chi connectivity index (χ3n) is 2.21. The third kappa shape index (κ3) is 2.01. The number of primary amides is 1. The second kappa shape index (κ2) is 4.52. The Hall–Kier alpha value is -1.56. The van der Waals surface area contributed by atoms with Gasteiger partial charge in [0.05, 0.1) is 0 Å². The highest BCUT2D eigenvalue weighted by molar-refractivity contribution is 5.80. The molecule has 1 aromatic carbocycles. The van der Waals surface area contributed by atoms with Crippen LogP contribution >= 0.6 is 0 Å². The van der Waals surface area contributed by atoms with Crippen LogP contribution in [0.5, 0.6) is 0 Å². The first-order chi connectivity index (χ1) is 7.43. The molecule has 88 valence electrons. The Morgan fingerprint density at radius 1 is 1.50 bits per heavy atom. The first-order valence-electron chi connectivity index (χ1n) is 4.40. The van der Waals surface area contributed by atoms with Crippen molar-refractivity contribution in [3.63, 3.8) is 0 Å². The van der Waals surface area contributed by atoms with Crippen LogP contribution in [0.3, 0.4) is 0 Å². The molecular weight excluding hydrogens is 223 g/mol.